The van der Waals surface area contributed by atoms with Crippen LogP contribution >= 0.6 is 0 Å². The number of rotatable bonds is 6. The van der Waals surface area contributed by atoms with Gasteiger partial charge in [0.25, 0.3) is 0 Å². The van der Waals surface area contributed by atoms with Crippen molar-refractivity contribution < 1.29 is 33.2 Å². The van der Waals surface area contributed by atoms with Gasteiger partial charge in [-0.25, -0.2) is 9.59 Å². The quantitative estimate of drug-likeness (QED) is 0.292. The van der Waals surface area contributed by atoms with Crippen molar-refractivity contribution in [1.82, 2.24) is 4.90 Å². The normalized spacial score (nSPS) is 21.5. The number of ether oxygens (including phenoxy) is 3. The highest BCUT2D eigenvalue weighted by atomic mass is 16.6. The Balaban J connectivity index is 2.35. The van der Waals surface area contributed by atoms with E-state index in [4.69, 9.17) is 14.2 Å². The highest BCUT2D eigenvalue weighted by molar-refractivity contribution is 5.89. The van der Waals surface area contributed by atoms with Crippen LogP contribution in [0.2, 0.25) is 0 Å². The molecular formula is C22H32N2O7. The van der Waals surface area contributed by atoms with Gasteiger partial charge in [0.1, 0.15) is 24.4 Å². The Morgan fingerprint density at radius 3 is 2.29 bits per heavy atom. The van der Waals surface area contributed by atoms with Gasteiger partial charge in [-0.05, 0) is 32.9 Å². The van der Waals surface area contributed by atoms with Gasteiger partial charge < -0.3 is 24.1 Å². The van der Waals surface area contributed by atoms with Crippen LogP contribution in [0.25, 0.3) is 0 Å². The first kappa shape index (κ1) is 24.6. The third-order valence-electron chi connectivity index (χ3n) is 4.69. The maximum Gasteiger partial charge on any atom is 0.410 e. The summed E-state index contributed by atoms with van der Waals surface area (Å²) in [5.41, 5.74) is -0.398. The second-order valence-corrected chi connectivity index (χ2v) is 9.26. The Hall–Kier alpha value is -2.65. The molecule has 1 aromatic rings. The molecule has 1 fully saturated rings. The van der Waals surface area contributed by atoms with Crippen LogP contribution in [0.1, 0.15) is 38.1 Å². The first-order valence-electron chi connectivity index (χ1n) is 10.2. The molecule has 1 aliphatic rings. The van der Waals surface area contributed by atoms with E-state index in [1.807, 2.05) is 0 Å². The van der Waals surface area contributed by atoms with E-state index in [1.165, 1.54) is 25.9 Å². The number of carbonyl (C=O) groups is 3. The lowest BCUT2D eigenvalue weighted by Crippen LogP contribution is -2.47. The van der Waals surface area contributed by atoms with E-state index in [2.05, 4.69) is 0 Å². The van der Waals surface area contributed by atoms with Crippen LogP contribution < -0.4 is 0 Å². The number of hydrogen-bond acceptors (Lipinski definition) is 7. The van der Waals surface area contributed by atoms with E-state index in [9.17, 15) is 19.6 Å². The van der Waals surface area contributed by atoms with Crippen LogP contribution in [0, 0.1) is 11.1 Å². The lowest BCUT2D eigenvalue weighted by molar-refractivity contribution is -0.843. The molecule has 0 aromatic heterocycles. The third kappa shape index (κ3) is 7.52. The lowest BCUT2D eigenvalue weighted by Gasteiger charge is -2.37. The molecule has 2 rings (SSSR count). The molecule has 172 valence electrons. The van der Waals surface area contributed by atoms with Crippen LogP contribution in [-0.2, 0) is 19.0 Å². The summed E-state index contributed by atoms with van der Waals surface area (Å²) in [6, 6.07) is 7.66. The number of amides is 1. The maximum absolute atomic E-state index is 12.9. The van der Waals surface area contributed by atoms with E-state index in [1.54, 1.807) is 51.1 Å². The van der Waals surface area contributed by atoms with Crippen LogP contribution in [0.3, 0.4) is 0 Å². The van der Waals surface area contributed by atoms with Gasteiger partial charge >= 0.3 is 18.0 Å². The fourth-order valence-electron chi connectivity index (χ4n) is 3.57. The first-order chi connectivity index (χ1) is 14.3. The van der Waals surface area contributed by atoms with Crippen LogP contribution in [0.5, 0.6) is 0 Å². The molecule has 9 nitrogen and oxygen atoms in total. The molecule has 0 aliphatic carbocycles. The highest BCUT2D eigenvalue weighted by Crippen LogP contribution is 2.31. The van der Waals surface area contributed by atoms with Crippen molar-refractivity contribution in [2.24, 2.45) is 5.92 Å². The third-order valence-corrected chi connectivity index (χ3v) is 4.69. The van der Waals surface area contributed by atoms with Crippen molar-refractivity contribution in [3.63, 3.8) is 0 Å². The summed E-state index contributed by atoms with van der Waals surface area (Å²) >= 11 is 0. The monoisotopic (exact) mass is 436 g/mol. The Bertz CT molecular complexity index is 783. The Labute approximate surface area is 183 Å². The van der Waals surface area contributed by atoms with Crippen molar-refractivity contribution in [3.05, 3.63) is 41.1 Å². The van der Waals surface area contributed by atoms with E-state index >= 15 is 0 Å². The van der Waals surface area contributed by atoms with Gasteiger partial charge in [0.15, 0.2) is 0 Å². The fourth-order valence-corrected chi connectivity index (χ4v) is 3.57. The van der Waals surface area contributed by atoms with E-state index < -0.39 is 46.3 Å². The van der Waals surface area contributed by atoms with E-state index in [0.29, 0.717) is 5.56 Å². The minimum Gasteiger partial charge on any atom is -0.633 e. The molecule has 9 heteroatoms. The van der Waals surface area contributed by atoms with Gasteiger partial charge in [0.05, 0.1) is 32.1 Å². The molecule has 3 atom stereocenters. The number of hydroxylamine groups is 3. The molecule has 1 heterocycles. The molecule has 1 saturated heterocycles. The summed E-state index contributed by atoms with van der Waals surface area (Å²) in [7, 11) is 2.96. The Kier molecular flexibility index (Phi) is 7.67. The number of carbonyl (C=O) groups excluding carboxylic acids is 3. The summed E-state index contributed by atoms with van der Waals surface area (Å²) in [6.07, 6.45) is -1.46. The van der Waals surface area contributed by atoms with Crippen molar-refractivity contribution in [2.45, 2.75) is 45.4 Å². The second kappa shape index (κ2) is 9.65. The van der Waals surface area contributed by atoms with E-state index in [-0.39, 0.29) is 19.7 Å². The maximum atomic E-state index is 12.9. The molecule has 31 heavy (non-hydrogen) atoms. The van der Waals surface area contributed by atoms with Gasteiger partial charge in [-0.3, -0.25) is 9.69 Å². The highest BCUT2D eigenvalue weighted by Gasteiger charge is 2.49. The van der Waals surface area contributed by atoms with Crippen LogP contribution in [0.4, 0.5) is 4.79 Å². The summed E-state index contributed by atoms with van der Waals surface area (Å²) in [4.78, 5) is 38.5. The van der Waals surface area contributed by atoms with Crippen molar-refractivity contribution >= 4 is 18.0 Å². The largest absolute Gasteiger partial charge is 0.633 e. The Morgan fingerprint density at radius 1 is 1.16 bits per heavy atom. The predicted molar refractivity (Wildman–Crippen MR) is 113 cm³/mol. The molecule has 1 aliphatic heterocycles. The molecule has 1 aromatic carbocycles. The summed E-state index contributed by atoms with van der Waals surface area (Å²) in [5.74, 6) is -1.57. The van der Waals surface area contributed by atoms with Gasteiger partial charge in [0.2, 0.25) is 0 Å². The zero-order valence-corrected chi connectivity index (χ0v) is 19.0. The topological polar surface area (TPSA) is 105 Å². The smallest absolute Gasteiger partial charge is 0.410 e. The molecule has 0 N–H and O–H groups in total. The molecular weight excluding hydrogens is 404 g/mol. The van der Waals surface area contributed by atoms with Gasteiger partial charge in [0, 0.05) is 13.5 Å². The number of likely N-dealkylation sites (tertiary alicyclic amines) is 1. The molecule has 0 radical (unpaired) electrons. The van der Waals surface area contributed by atoms with Gasteiger partial charge in [-0.1, -0.05) is 18.2 Å². The number of quaternary nitrogens is 1. The minimum atomic E-state index is -0.842. The van der Waals surface area contributed by atoms with Crippen molar-refractivity contribution in [3.8, 4) is 0 Å². The van der Waals surface area contributed by atoms with Gasteiger partial charge in [-0.2, -0.15) is 0 Å². The van der Waals surface area contributed by atoms with Gasteiger partial charge in [-0.15, -0.1) is 0 Å². The first-order valence-corrected chi connectivity index (χ1v) is 10.2. The predicted octanol–water partition coefficient (Wildman–Crippen LogP) is 2.58. The molecule has 0 spiro atoms. The summed E-state index contributed by atoms with van der Waals surface area (Å²) < 4.78 is 15.8. The van der Waals surface area contributed by atoms with E-state index in [0.717, 1.165) is 0 Å². The minimum absolute atomic E-state index is 0.0998. The molecule has 0 bridgehead atoms. The zero-order valence-electron chi connectivity index (χ0n) is 19.0. The number of benzene rings is 1. The SMILES string of the molecule is CC(=O)OC[C@@H]1[C@@H](OC(=O)c2ccccc2)[C@@H](C[N+](C)(C)[O-])CN1C(=O)OC(C)(C)C. The average molecular weight is 437 g/mol. The second-order valence-electron chi connectivity index (χ2n) is 9.26. The fraction of sp³-hybridized carbons (Fsp3) is 0.591. The number of hydrogen-bond donors (Lipinski definition) is 0. The van der Waals surface area contributed by atoms with Crippen LogP contribution in [-0.4, -0.2) is 79.1 Å². The van der Waals surface area contributed by atoms with Crippen molar-refractivity contribution in [2.75, 3.05) is 33.8 Å². The van der Waals surface area contributed by atoms with Crippen LogP contribution in [0.15, 0.2) is 30.3 Å². The molecule has 1 amide bonds. The van der Waals surface area contributed by atoms with Crippen molar-refractivity contribution in [1.29, 1.82) is 0 Å². The average Bonchev–Trinajstić information content (AvgIpc) is 2.95. The summed E-state index contributed by atoms with van der Waals surface area (Å²) in [5, 5.41) is 12.4. The molecule has 0 unspecified atom stereocenters. The summed E-state index contributed by atoms with van der Waals surface area (Å²) in [6.45, 7) is 6.54. The standard InChI is InChI=1S/C22H32N2O7/c1-15(25)29-14-18-19(30-20(26)16-10-8-7-9-11-16)17(13-24(5,6)28)12-23(18)21(27)31-22(2,3)4/h7-11,17-19H,12-14H2,1-6H3/t17-,18-,19+/m1/s1. The number of nitrogens with zero attached hydrogens (tertiary/aromatic N) is 2. The number of esters is 2. The molecule has 0 saturated carbocycles. The zero-order chi connectivity index (χ0) is 23.4. The lowest BCUT2D eigenvalue weighted by atomic mass is 10.0. The Morgan fingerprint density at radius 2 is 1.77 bits per heavy atom.